The summed E-state index contributed by atoms with van der Waals surface area (Å²) in [6.45, 7) is 8.08. The second-order valence-electron chi connectivity index (χ2n) is 14.5. The van der Waals surface area contributed by atoms with Gasteiger partial charge in [0.15, 0.2) is 0 Å². The zero-order valence-electron chi connectivity index (χ0n) is 30.7. The Morgan fingerprint density at radius 1 is 0.574 bits per heavy atom. The molecule has 0 fully saturated rings. The summed E-state index contributed by atoms with van der Waals surface area (Å²) in [5, 5.41) is 1.71. The predicted octanol–water partition coefficient (Wildman–Crippen LogP) is 13.7. The lowest BCUT2D eigenvalue weighted by Gasteiger charge is -2.33. The van der Waals surface area contributed by atoms with Gasteiger partial charge in [-0.1, -0.05) is 123 Å². The summed E-state index contributed by atoms with van der Waals surface area (Å²) >= 11 is 9.47. The molecule has 0 saturated carbocycles. The molecule has 0 spiro atoms. The minimum atomic E-state index is -0.148. The van der Waals surface area contributed by atoms with Crippen molar-refractivity contribution in [2.45, 2.75) is 39.3 Å². The number of halogens is 1. The van der Waals surface area contributed by atoms with Crippen LogP contribution in [0.3, 0.4) is 0 Å². The van der Waals surface area contributed by atoms with Gasteiger partial charge in [-0.3, -0.25) is 4.98 Å². The third-order valence-electron chi connectivity index (χ3n) is 9.71. The molecular weight excluding hydrogens is 700 g/mol. The molecule has 0 radical (unpaired) electrons. The standard InChI is InChI=1S/C48H41ClN4S/c1-48(2,3)38-30-43(52(32-34-14-6-4-7-15-34)39-25-21-36(22-26-39)41-18-12-13-29-50-41)46(49)44(31-38)53(33-35-16-8-5-9-17-35)40-27-23-37(24-28-40)47-51-42-19-10-11-20-45(42)54-47/h4-31H,32-33H2,1-3H3. The summed E-state index contributed by atoms with van der Waals surface area (Å²) in [4.78, 5) is 14.2. The monoisotopic (exact) mass is 740 g/mol. The Balaban J connectivity index is 1.26. The zero-order valence-corrected chi connectivity index (χ0v) is 32.2. The van der Waals surface area contributed by atoms with Gasteiger partial charge in [-0.05, 0) is 94.9 Å². The average molecular weight is 741 g/mol. The average Bonchev–Trinajstić information content (AvgIpc) is 3.65. The number of rotatable bonds is 10. The molecule has 6 heteroatoms. The third kappa shape index (κ3) is 7.65. The minimum absolute atomic E-state index is 0.148. The van der Waals surface area contributed by atoms with Crippen molar-refractivity contribution in [2.24, 2.45) is 0 Å². The number of nitrogens with zero attached hydrogens (tertiary/aromatic N) is 4. The molecule has 6 aromatic carbocycles. The van der Waals surface area contributed by atoms with E-state index in [1.165, 1.54) is 21.4 Å². The van der Waals surface area contributed by atoms with Crippen LogP contribution in [0, 0.1) is 0 Å². The zero-order chi connectivity index (χ0) is 37.1. The summed E-state index contributed by atoms with van der Waals surface area (Å²) in [6, 6.07) is 57.5. The van der Waals surface area contributed by atoms with Crippen LogP contribution >= 0.6 is 22.9 Å². The first-order valence-electron chi connectivity index (χ1n) is 18.2. The lowest BCUT2D eigenvalue weighted by atomic mass is 9.86. The van der Waals surface area contributed by atoms with Crippen molar-refractivity contribution >= 4 is 55.9 Å². The fourth-order valence-corrected chi connectivity index (χ4v) is 7.99. The van der Waals surface area contributed by atoms with E-state index in [4.69, 9.17) is 16.6 Å². The number of hydrogen-bond donors (Lipinski definition) is 0. The largest absolute Gasteiger partial charge is 0.336 e. The second kappa shape index (κ2) is 15.3. The van der Waals surface area contributed by atoms with Gasteiger partial charge in [-0.2, -0.15) is 0 Å². The topological polar surface area (TPSA) is 32.3 Å². The predicted molar refractivity (Wildman–Crippen MR) is 229 cm³/mol. The SMILES string of the molecule is CC(C)(C)c1cc(N(Cc2ccccc2)c2ccc(-c3ccccn3)cc2)c(Cl)c(N(Cc2ccccc2)c2ccc(-c3nc4ccccc4s3)cc2)c1. The lowest BCUT2D eigenvalue weighted by Crippen LogP contribution is -2.22. The highest BCUT2D eigenvalue weighted by Gasteiger charge is 2.26. The normalized spacial score (nSPS) is 11.5. The Kier molecular flexibility index (Phi) is 10.0. The molecule has 0 unspecified atom stereocenters. The third-order valence-corrected chi connectivity index (χ3v) is 11.2. The van der Waals surface area contributed by atoms with E-state index in [9.17, 15) is 0 Å². The van der Waals surface area contributed by atoms with E-state index in [2.05, 4.69) is 175 Å². The molecule has 4 nitrogen and oxygen atoms in total. The number of benzene rings is 6. The van der Waals surface area contributed by atoms with Crippen molar-refractivity contribution < 1.29 is 0 Å². The van der Waals surface area contributed by atoms with Crippen LogP contribution in [-0.4, -0.2) is 9.97 Å². The van der Waals surface area contributed by atoms with Gasteiger partial charge in [-0.15, -0.1) is 11.3 Å². The van der Waals surface area contributed by atoms with Crippen molar-refractivity contribution in [2.75, 3.05) is 9.80 Å². The molecule has 0 atom stereocenters. The minimum Gasteiger partial charge on any atom is -0.336 e. The first-order chi connectivity index (χ1) is 26.3. The molecule has 8 rings (SSSR count). The van der Waals surface area contributed by atoms with E-state index in [1.807, 2.05) is 30.5 Å². The highest BCUT2D eigenvalue weighted by atomic mass is 35.5. The molecule has 2 aromatic heterocycles. The summed E-state index contributed by atoms with van der Waals surface area (Å²) in [5.41, 5.74) is 11.6. The maximum absolute atomic E-state index is 7.75. The van der Waals surface area contributed by atoms with Crippen molar-refractivity contribution in [1.82, 2.24) is 9.97 Å². The van der Waals surface area contributed by atoms with Crippen molar-refractivity contribution in [3.8, 4) is 21.8 Å². The molecule has 0 bridgehead atoms. The van der Waals surface area contributed by atoms with Crippen LogP contribution in [0.5, 0.6) is 0 Å². The molecule has 266 valence electrons. The number of aromatic nitrogens is 2. The van der Waals surface area contributed by atoms with Gasteiger partial charge in [0.05, 0.1) is 32.3 Å². The first-order valence-corrected chi connectivity index (χ1v) is 19.4. The van der Waals surface area contributed by atoms with Gasteiger partial charge >= 0.3 is 0 Å². The number of pyridine rings is 1. The van der Waals surface area contributed by atoms with Gasteiger partial charge in [-0.25, -0.2) is 4.98 Å². The van der Waals surface area contributed by atoms with Crippen LogP contribution in [-0.2, 0) is 18.5 Å². The molecule has 0 aliphatic heterocycles. The van der Waals surface area contributed by atoms with Crippen molar-refractivity contribution in [3.05, 3.63) is 192 Å². The van der Waals surface area contributed by atoms with Crippen LogP contribution < -0.4 is 9.80 Å². The van der Waals surface area contributed by atoms with E-state index in [0.29, 0.717) is 18.1 Å². The van der Waals surface area contributed by atoms with Crippen LogP contribution in [0.15, 0.2) is 170 Å². The summed E-state index contributed by atoms with van der Waals surface area (Å²) < 4.78 is 1.19. The Morgan fingerprint density at radius 3 is 1.61 bits per heavy atom. The fraction of sp³-hybridized carbons (Fsp3) is 0.125. The molecule has 2 heterocycles. The van der Waals surface area contributed by atoms with Crippen molar-refractivity contribution in [3.63, 3.8) is 0 Å². The molecule has 0 amide bonds. The molecule has 0 aliphatic rings. The van der Waals surface area contributed by atoms with E-state index in [0.717, 1.165) is 50.1 Å². The van der Waals surface area contributed by atoms with E-state index < -0.39 is 0 Å². The Hall–Kier alpha value is -5.75. The number of thiazole rings is 1. The Labute approximate surface area is 327 Å². The molecule has 0 N–H and O–H groups in total. The van der Waals surface area contributed by atoms with Crippen LogP contribution in [0.4, 0.5) is 22.7 Å². The number of fused-ring (bicyclic) bond motifs is 1. The van der Waals surface area contributed by atoms with Gasteiger partial charge in [0, 0.05) is 41.8 Å². The van der Waals surface area contributed by atoms with Gasteiger partial charge in [0.25, 0.3) is 0 Å². The fourth-order valence-electron chi connectivity index (χ4n) is 6.71. The van der Waals surface area contributed by atoms with E-state index in [1.54, 1.807) is 11.3 Å². The number of anilines is 4. The maximum Gasteiger partial charge on any atom is 0.124 e. The molecule has 8 aromatic rings. The van der Waals surface area contributed by atoms with E-state index in [-0.39, 0.29) is 5.41 Å². The second-order valence-corrected chi connectivity index (χ2v) is 15.9. The van der Waals surface area contributed by atoms with Gasteiger partial charge in [0.2, 0.25) is 0 Å². The van der Waals surface area contributed by atoms with Crippen LogP contribution in [0.2, 0.25) is 5.02 Å². The smallest absolute Gasteiger partial charge is 0.124 e. The quantitative estimate of drug-likeness (QED) is 0.140. The highest BCUT2D eigenvalue weighted by molar-refractivity contribution is 7.21. The van der Waals surface area contributed by atoms with E-state index >= 15 is 0 Å². The number of para-hydroxylation sites is 1. The highest BCUT2D eigenvalue weighted by Crippen LogP contribution is 2.46. The van der Waals surface area contributed by atoms with Crippen molar-refractivity contribution in [1.29, 1.82) is 0 Å². The van der Waals surface area contributed by atoms with Gasteiger partial charge < -0.3 is 9.80 Å². The van der Waals surface area contributed by atoms with Crippen LogP contribution in [0.1, 0.15) is 37.5 Å². The lowest BCUT2D eigenvalue weighted by molar-refractivity contribution is 0.590. The first kappa shape index (κ1) is 35.3. The summed E-state index contributed by atoms with van der Waals surface area (Å²) in [6.07, 6.45) is 1.83. The number of hydrogen-bond acceptors (Lipinski definition) is 5. The summed E-state index contributed by atoms with van der Waals surface area (Å²) in [5.74, 6) is 0. The molecular formula is C48H41ClN4S. The Bertz CT molecular complexity index is 2440. The Morgan fingerprint density at radius 2 is 1.09 bits per heavy atom. The molecule has 0 aliphatic carbocycles. The molecule has 0 saturated heterocycles. The van der Waals surface area contributed by atoms with Crippen LogP contribution in [0.25, 0.3) is 32.0 Å². The molecule has 54 heavy (non-hydrogen) atoms. The summed E-state index contributed by atoms with van der Waals surface area (Å²) in [7, 11) is 0. The van der Waals surface area contributed by atoms with Gasteiger partial charge in [0.1, 0.15) is 5.01 Å². The maximum atomic E-state index is 7.75.